The minimum Gasteiger partial charge on any atom is -0.372 e. The Morgan fingerprint density at radius 3 is 2.40 bits per heavy atom. The van der Waals surface area contributed by atoms with Gasteiger partial charge < -0.3 is 9.64 Å². The standard InChI is InChI=1S/C21H23N3O/c1-14-9-10-19-18(11-14)20(17-7-5-4-6-8-17)23-21(22-19)24-12-15(2)25-16(3)13-24/h4-11,15-16H,12-13H2,1-3H3/t15-,16+. The topological polar surface area (TPSA) is 38.2 Å². The van der Waals surface area contributed by atoms with E-state index in [1.54, 1.807) is 0 Å². The summed E-state index contributed by atoms with van der Waals surface area (Å²) in [4.78, 5) is 12.1. The van der Waals surface area contributed by atoms with E-state index in [-0.39, 0.29) is 12.2 Å². The summed E-state index contributed by atoms with van der Waals surface area (Å²) in [7, 11) is 0. The van der Waals surface area contributed by atoms with E-state index < -0.39 is 0 Å². The molecule has 2 atom stereocenters. The lowest BCUT2D eigenvalue weighted by Gasteiger charge is -2.35. The first-order valence-corrected chi connectivity index (χ1v) is 8.84. The van der Waals surface area contributed by atoms with Crippen molar-refractivity contribution >= 4 is 16.9 Å². The van der Waals surface area contributed by atoms with Crippen LogP contribution in [0.4, 0.5) is 5.95 Å². The third kappa shape index (κ3) is 3.22. The van der Waals surface area contributed by atoms with Crippen LogP contribution in [0.1, 0.15) is 19.4 Å². The maximum absolute atomic E-state index is 5.86. The van der Waals surface area contributed by atoms with E-state index in [0.717, 1.165) is 41.2 Å². The largest absolute Gasteiger partial charge is 0.372 e. The summed E-state index contributed by atoms with van der Waals surface area (Å²) in [5.74, 6) is 0.789. The average molecular weight is 333 g/mol. The highest BCUT2D eigenvalue weighted by Crippen LogP contribution is 2.29. The Hall–Kier alpha value is -2.46. The third-order valence-corrected chi connectivity index (χ3v) is 4.59. The molecule has 1 aliphatic heterocycles. The summed E-state index contributed by atoms with van der Waals surface area (Å²) in [5, 5.41) is 1.10. The molecular formula is C21H23N3O. The fourth-order valence-corrected chi connectivity index (χ4v) is 3.53. The van der Waals surface area contributed by atoms with Crippen LogP contribution in [0.15, 0.2) is 48.5 Å². The molecule has 0 radical (unpaired) electrons. The van der Waals surface area contributed by atoms with Crippen molar-refractivity contribution < 1.29 is 4.74 Å². The highest BCUT2D eigenvalue weighted by molar-refractivity contribution is 5.93. The average Bonchev–Trinajstić information content (AvgIpc) is 2.61. The van der Waals surface area contributed by atoms with Gasteiger partial charge in [0.1, 0.15) is 0 Å². The number of morpholine rings is 1. The quantitative estimate of drug-likeness (QED) is 0.704. The Balaban J connectivity index is 1.88. The van der Waals surface area contributed by atoms with Gasteiger partial charge in [0.05, 0.1) is 23.4 Å². The number of aryl methyl sites for hydroxylation is 1. The highest BCUT2D eigenvalue weighted by Gasteiger charge is 2.25. The van der Waals surface area contributed by atoms with Gasteiger partial charge in [-0.25, -0.2) is 9.97 Å². The summed E-state index contributed by atoms with van der Waals surface area (Å²) in [6, 6.07) is 16.7. The Bertz CT molecular complexity index is 884. The predicted molar refractivity (Wildman–Crippen MR) is 102 cm³/mol. The maximum atomic E-state index is 5.86. The molecule has 4 nitrogen and oxygen atoms in total. The van der Waals surface area contributed by atoms with Crippen LogP contribution >= 0.6 is 0 Å². The molecule has 1 saturated heterocycles. The first-order chi connectivity index (χ1) is 12.1. The summed E-state index contributed by atoms with van der Waals surface area (Å²) in [6.45, 7) is 7.94. The summed E-state index contributed by atoms with van der Waals surface area (Å²) < 4.78 is 5.86. The molecule has 2 heterocycles. The smallest absolute Gasteiger partial charge is 0.226 e. The second kappa shape index (κ2) is 6.45. The molecule has 0 bridgehead atoms. The number of hydrogen-bond donors (Lipinski definition) is 0. The molecule has 1 aromatic heterocycles. The van der Waals surface area contributed by atoms with Gasteiger partial charge in [-0.1, -0.05) is 42.0 Å². The van der Waals surface area contributed by atoms with Crippen LogP contribution in [0, 0.1) is 6.92 Å². The molecule has 0 amide bonds. The molecule has 0 spiro atoms. The van der Waals surface area contributed by atoms with Crippen molar-refractivity contribution in [3.8, 4) is 11.3 Å². The van der Waals surface area contributed by atoms with Gasteiger partial charge in [0, 0.05) is 24.0 Å². The molecule has 128 valence electrons. The molecule has 1 aliphatic rings. The van der Waals surface area contributed by atoms with Crippen LogP contribution in [-0.2, 0) is 4.74 Å². The molecule has 0 unspecified atom stereocenters. The minimum atomic E-state index is 0.182. The molecule has 0 aliphatic carbocycles. The second-order valence-corrected chi connectivity index (χ2v) is 6.92. The van der Waals surface area contributed by atoms with Gasteiger partial charge in [0.25, 0.3) is 0 Å². The first-order valence-electron chi connectivity index (χ1n) is 8.84. The molecule has 3 aromatic rings. The lowest BCUT2D eigenvalue weighted by atomic mass is 10.0. The Morgan fingerprint density at radius 2 is 1.68 bits per heavy atom. The SMILES string of the molecule is Cc1ccc2nc(N3C[C@@H](C)O[C@@H](C)C3)nc(-c3ccccc3)c2c1. The van der Waals surface area contributed by atoms with E-state index in [2.05, 4.69) is 68.1 Å². The van der Waals surface area contributed by atoms with Gasteiger partial charge in [-0.2, -0.15) is 0 Å². The number of rotatable bonds is 2. The fraction of sp³-hybridized carbons (Fsp3) is 0.333. The van der Waals surface area contributed by atoms with Crippen LogP contribution in [-0.4, -0.2) is 35.3 Å². The molecule has 0 saturated carbocycles. The fourth-order valence-electron chi connectivity index (χ4n) is 3.53. The van der Waals surface area contributed by atoms with E-state index in [1.165, 1.54) is 5.56 Å². The van der Waals surface area contributed by atoms with Crippen molar-refractivity contribution in [3.63, 3.8) is 0 Å². The van der Waals surface area contributed by atoms with Crippen molar-refractivity contribution in [1.29, 1.82) is 0 Å². The lowest BCUT2D eigenvalue weighted by Crippen LogP contribution is -2.46. The van der Waals surface area contributed by atoms with Gasteiger partial charge >= 0.3 is 0 Å². The van der Waals surface area contributed by atoms with Crippen molar-refractivity contribution in [2.24, 2.45) is 0 Å². The van der Waals surface area contributed by atoms with E-state index >= 15 is 0 Å². The zero-order chi connectivity index (χ0) is 17.4. The molecule has 4 heteroatoms. The van der Waals surface area contributed by atoms with Crippen LogP contribution < -0.4 is 4.90 Å². The van der Waals surface area contributed by atoms with Crippen molar-refractivity contribution in [2.75, 3.05) is 18.0 Å². The Kier molecular flexibility index (Phi) is 4.14. The van der Waals surface area contributed by atoms with Gasteiger partial charge in [-0.05, 0) is 32.9 Å². The first kappa shape index (κ1) is 16.0. The number of ether oxygens (including phenoxy) is 1. The van der Waals surface area contributed by atoms with Gasteiger partial charge in [0.15, 0.2) is 0 Å². The lowest BCUT2D eigenvalue weighted by molar-refractivity contribution is -0.00569. The van der Waals surface area contributed by atoms with Crippen molar-refractivity contribution in [3.05, 3.63) is 54.1 Å². The summed E-state index contributed by atoms with van der Waals surface area (Å²) in [5.41, 5.74) is 4.32. The molecule has 2 aromatic carbocycles. The monoisotopic (exact) mass is 333 g/mol. The number of fused-ring (bicyclic) bond motifs is 1. The highest BCUT2D eigenvalue weighted by atomic mass is 16.5. The number of aromatic nitrogens is 2. The number of anilines is 1. The van der Waals surface area contributed by atoms with E-state index in [4.69, 9.17) is 14.7 Å². The van der Waals surface area contributed by atoms with Crippen molar-refractivity contribution in [2.45, 2.75) is 33.0 Å². The Labute approximate surface area is 148 Å². The van der Waals surface area contributed by atoms with Gasteiger partial charge in [-0.15, -0.1) is 0 Å². The molecule has 0 N–H and O–H groups in total. The molecule has 25 heavy (non-hydrogen) atoms. The second-order valence-electron chi connectivity index (χ2n) is 6.92. The van der Waals surface area contributed by atoms with Crippen LogP contribution in [0.5, 0.6) is 0 Å². The van der Waals surface area contributed by atoms with Crippen LogP contribution in [0.2, 0.25) is 0 Å². The summed E-state index contributed by atoms with van der Waals surface area (Å²) in [6.07, 6.45) is 0.363. The number of hydrogen-bond acceptors (Lipinski definition) is 4. The maximum Gasteiger partial charge on any atom is 0.226 e. The van der Waals surface area contributed by atoms with Crippen LogP contribution in [0.3, 0.4) is 0 Å². The van der Waals surface area contributed by atoms with Gasteiger partial charge in [-0.3, -0.25) is 0 Å². The zero-order valence-corrected chi connectivity index (χ0v) is 14.9. The predicted octanol–water partition coefficient (Wildman–Crippen LogP) is 4.22. The third-order valence-electron chi connectivity index (χ3n) is 4.59. The normalized spacial score (nSPS) is 20.8. The minimum absolute atomic E-state index is 0.182. The van der Waals surface area contributed by atoms with E-state index in [1.807, 2.05) is 6.07 Å². The number of benzene rings is 2. The number of nitrogens with zero attached hydrogens (tertiary/aromatic N) is 3. The van der Waals surface area contributed by atoms with Crippen LogP contribution in [0.25, 0.3) is 22.2 Å². The van der Waals surface area contributed by atoms with Gasteiger partial charge in [0.2, 0.25) is 5.95 Å². The molecule has 4 rings (SSSR count). The molecule has 1 fully saturated rings. The van der Waals surface area contributed by atoms with Crippen molar-refractivity contribution in [1.82, 2.24) is 9.97 Å². The van der Waals surface area contributed by atoms with E-state index in [9.17, 15) is 0 Å². The summed E-state index contributed by atoms with van der Waals surface area (Å²) >= 11 is 0. The Morgan fingerprint density at radius 1 is 0.960 bits per heavy atom. The van der Waals surface area contributed by atoms with E-state index in [0.29, 0.717) is 0 Å². The zero-order valence-electron chi connectivity index (χ0n) is 14.9. The molecular weight excluding hydrogens is 310 g/mol.